The van der Waals surface area contributed by atoms with Crippen LogP contribution in [0.1, 0.15) is 62.5 Å². The van der Waals surface area contributed by atoms with Crippen LogP contribution < -0.4 is 15.4 Å². The SMILES string of the molecule is O=C[C@H](CCC(=O)N1CCOc2ccccc2C1)NC(=O)[C@H](CC1CCCCC1)NC(=O)OCc1cccc(Cl)c1. The van der Waals surface area contributed by atoms with E-state index in [0.717, 1.165) is 42.6 Å². The molecule has 0 radical (unpaired) electrons. The number of amides is 3. The summed E-state index contributed by atoms with van der Waals surface area (Å²) in [6, 6.07) is 12.9. The first kappa shape index (κ1) is 30.4. The van der Waals surface area contributed by atoms with Crippen LogP contribution in [0.5, 0.6) is 5.75 Å². The van der Waals surface area contributed by atoms with E-state index in [9.17, 15) is 19.2 Å². The van der Waals surface area contributed by atoms with Crippen LogP contribution in [0.15, 0.2) is 48.5 Å². The summed E-state index contributed by atoms with van der Waals surface area (Å²) in [6.45, 7) is 1.27. The number of carbonyl (C=O) groups excluding carboxylic acids is 4. The molecule has 1 fully saturated rings. The van der Waals surface area contributed by atoms with Gasteiger partial charge in [-0.05, 0) is 42.5 Å². The smallest absolute Gasteiger partial charge is 0.408 e. The molecule has 0 saturated heterocycles. The Hall–Kier alpha value is -3.59. The number of para-hydroxylation sites is 1. The number of aldehydes is 1. The molecule has 10 heteroatoms. The van der Waals surface area contributed by atoms with E-state index < -0.39 is 24.1 Å². The van der Waals surface area contributed by atoms with Crippen LogP contribution in [0, 0.1) is 5.92 Å². The lowest BCUT2D eigenvalue weighted by Gasteiger charge is -2.27. The summed E-state index contributed by atoms with van der Waals surface area (Å²) >= 11 is 6.01. The molecule has 0 spiro atoms. The average Bonchev–Trinajstić information content (AvgIpc) is 3.21. The van der Waals surface area contributed by atoms with E-state index >= 15 is 0 Å². The zero-order valence-electron chi connectivity index (χ0n) is 23.2. The minimum Gasteiger partial charge on any atom is -0.491 e. The molecule has 9 nitrogen and oxygen atoms in total. The van der Waals surface area contributed by atoms with Crippen LogP contribution in [0.3, 0.4) is 0 Å². The highest BCUT2D eigenvalue weighted by atomic mass is 35.5. The number of nitrogens with one attached hydrogen (secondary N) is 2. The van der Waals surface area contributed by atoms with Gasteiger partial charge in [0.1, 0.15) is 31.3 Å². The Morgan fingerprint density at radius 2 is 1.88 bits per heavy atom. The molecular weight excluding hydrogens is 546 g/mol. The highest BCUT2D eigenvalue weighted by molar-refractivity contribution is 6.30. The largest absolute Gasteiger partial charge is 0.491 e. The minimum absolute atomic E-state index is 0.00918. The molecule has 0 aromatic heterocycles. The van der Waals surface area contributed by atoms with E-state index in [1.54, 1.807) is 29.2 Å². The summed E-state index contributed by atoms with van der Waals surface area (Å²) in [6.07, 6.45) is 5.93. The number of benzene rings is 2. The molecular formula is C31H38ClN3O6. The summed E-state index contributed by atoms with van der Waals surface area (Å²) in [5.74, 6) is 0.477. The first-order chi connectivity index (χ1) is 19.9. The molecule has 3 amide bonds. The van der Waals surface area contributed by atoms with Gasteiger partial charge in [-0.25, -0.2) is 4.79 Å². The molecule has 1 aliphatic carbocycles. The van der Waals surface area contributed by atoms with Crippen molar-refractivity contribution in [3.63, 3.8) is 0 Å². The van der Waals surface area contributed by atoms with Crippen LogP contribution in [0.2, 0.25) is 5.02 Å². The third-order valence-electron chi connectivity index (χ3n) is 7.63. The quantitative estimate of drug-likeness (QED) is 0.368. The third-order valence-corrected chi connectivity index (χ3v) is 7.86. The summed E-state index contributed by atoms with van der Waals surface area (Å²) < 4.78 is 11.1. The number of nitrogens with zero attached hydrogens (tertiary/aromatic N) is 1. The molecule has 41 heavy (non-hydrogen) atoms. The van der Waals surface area contributed by atoms with Crippen molar-refractivity contribution in [3.05, 3.63) is 64.7 Å². The predicted molar refractivity (Wildman–Crippen MR) is 154 cm³/mol. The van der Waals surface area contributed by atoms with Crippen molar-refractivity contribution in [2.24, 2.45) is 5.92 Å². The number of rotatable bonds is 11. The lowest BCUT2D eigenvalue weighted by atomic mass is 9.84. The predicted octanol–water partition coefficient (Wildman–Crippen LogP) is 4.79. The zero-order valence-corrected chi connectivity index (χ0v) is 23.9. The molecule has 0 unspecified atom stereocenters. The van der Waals surface area contributed by atoms with Gasteiger partial charge in [0.05, 0.1) is 12.6 Å². The van der Waals surface area contributed by atoms with Crippen molar-refractivity contribution < 1.29 is 28.7 Å². The molecule has 220 valence electrons. The Morgan fingerprint density at radius 1 is 1.07 bits per heavy atom. The fourth-order valence-electron chi connectivity index (χ4n) is 5.38. The maximum atomic E-state index is 13.3. The minimum atomic E-state index is -0.861. The van der Waals surface area contributed by atoms with Gasteiger partial charge in [-0.3, -0.25) is 9.59 Å². The second-order valence-corrected chi connectivity index (χ2v) is 11.1. The maximum absolute atomic E-state index is 13.3. The van der Waals surface area contributed by atoms with Crippen molar-refractivity contribution in [2.45, 2.75) is 76.6 Å². The Bertz CT molecular complexity index is 1200. The van der Waals surface area contributed by atoms with E-state index in [1.807, 2.05) is 24.3 Å². The average molecular weight is 584 g/mol. The van der Waals surface area contributed by atoms with Crippen LogP contribution >= 0.6 is 11.6 Å². The fourth-order valence-corrected chi connectivity index (χ4v) is 5.59. The van der Waals surface area contributed by atoms with Crippen LogP contribution in [0.25, 0.3) is 0 Å². The standard InChI is InChI=1S/C31H38ClN3O6/c32-25-11-6-9-23(17-25)21-41-31(39)34-27(18-22-7-2-1-3-8-22)30(38)33-26(20-36)13-14-29(37)35-15-16-40-28-12-5-4-10-24(28)19-35/h4-6,9-12,17,20,22,26-27H,1-3,7-8,13-16,18-19,21H2,(H,33,38)(H,34,39)/t26-,27-/m0/s1. The molecule has 2 aliphatic rings. The number of halogens is 1. The van der Waals surface area contributed by atoms with Gasteiger partial charge in [0.2, 0.25) is 11.8 Å². The van der Waals surface area contributed by atoms with Crippen molar-refractivity contribution in [3.8, 4) is 5.75 Å². The Morgan fingerprint density at radius 3 is 2.66 bits per heavy atom. The molecule has 2 atom stereocenters. The molecule has 2 aromatic rings. The molecule has 1 aliphatic heterocycles. The van der Waals surface area contributed by atoms with Gasteiger partial charge in [0.15, 0.2) is 0 Å². The van der Waals surface area contributed by atoms with Gasteiger partial charge in [0.25, 0.3) is 0 Å². The molecule has 1 saturated carbocycles. The summed E-state index contributed by atoms with van der Waals surface area (Å²) in [7, 11) is 0. The van der Waals surface area contributed by atoms with Crippen molar-refractivity contribution >= 4 is 35.8 Å². The van der Waals surface area contributed by atoms with Gasteiger partial charge in [-0.15, -0.1) is 0 Å². The number of alkyl carbamates (subject to hydrolysis) is 1. The number of fused-ring (bicyclic) bond motifs is 1. The monoisotopic (exact) mass is 583 g/mol. The Balaban J connectivity index is 1.31. The number of hydrogen-bond donors (Lipinski definition) is 2. The van der Waals surface area contributed by atoms with E-state index in [-0.39, 0.29) is 31.3 Å². The van der Waals surface area contributed by atoms with Crippen molar-refractivity contribution in [1.29, 1.82) is 0 Å². The molecule has 0 bridgehead atoms. The van der Waals surface area contributed by atoms with Gasteiger partial charge in [-0.1, -0.05) is 74.0 Å². The Kier molecular flexibility index (Phi) is 11.4. The highest BCUT2D eigenvalue weighted by Crippen LogP contribution is 2.28. The topological polar surface area (TPSA) is 114 Å². The second-order valence-electron chi connectivity index (χ2n) is 10.7. The van der Waals surface area contributed by atoms with Crippen molar-refractivity contribution in [2.75, 3.05) is 13.2 Å². The van der Waals surface area contributed by atoms with Gasteiger partial charge in [-0.2, -0.15) is 0 Å². The summed E-state index contributed by atoms with van der Waals surface area (Å²) in [4.78, 5) is 52.5. The molecule has 2 aromatic carbocycles. The lowest BCUT2D eigenvalue weighted by Crippen LogP contribution is -2.51. The number of ether oxygens (including phenoxy) is 2. The molecule has 2 N–H and O–H groups in total. The fraction of sp³-hybridized carbons (Fsp3) is 0.484. The van der Waals surface area contributed by atoms with E-state index in [0.29, 0.717) is 37.4 Å². The molecule has 4 rings (SSSR count). The van der Waals surface area contributed by atoms with E-state index in [2.05, 4.69) is 10.6 Å². The lowest BCUT2D eigenvalue weighted by molar-refractivity contribution is -0.132. The first-order valence-electron chi connectivity index (χ1n) is 14.3. The highest BCUT2D eigenvalue weighted by Gasteiger charge is 2.28. The summed E-state index contributed by atoms with van der Waals surface area (Å²) in [5, 5.41) is 5.97. The van der Waals surface area contributed by atoms with Gasteiger partial charge in [0, 0.05) is 23.6 Å². The number of carbonyl (C=O) groups is 4. The van der Waals surface area contributed by atoms with Crippen molar-refractivity contribution in [1.82, 2.24) is 15.5 Å². The Labute approximate surface area is 245 Å². The number of hydrogen-bond acceptors (Lipinski definition) is 6. The van der Waals surface area contributed by atoms with Crippen LogP contribution in [0.4, 0.5) is 4.79 Å². The molecule has 1 heterocycles. The first-order valence-corrected chi connectivity index (χ1v) is 14.7. The van der Waals surface area contributed by atoms with E-state index in [1.165, 1.54) is 6.42 Å². The van der Waals surface area contributed by atoms with Crippen LogP contribution in [-0.4, -0.2) is 54.3 Å². The third kappa shape index (κ3) is 9.49. The van der Waals surface area contributed by atoms with Crippen LogP contribution in [-0.2, 0) is 32.3 Å². The van der Waals surface area contributed by atoms with E-state index in [4.69, 9.17) is 21.1 Å². The summed E-state index contributed by atoms with van der Waals surface area (Å²) in [5.41, 5.74) is 1.66. The maximum Gasteiger partial charge on any atom is 0.408 e. The van der Waals surface area contributed by atoms with Gasteiger partial charge >= 0.3 is 6.09 Å². The van der Waals surface area contributed by atoms with Gasteiger partial charge < -0.3 is 29.8 Å². The second kappa shape index (κ2) is 15.4. The zero-order chi connectivity index (χ0) is 29.0. The normalized spacial score (nSPS) is 16.8.